The van der Waals surface area contributed by atoms with Crippen molar-refractivity contribution >= 4 is 49.8 Å². The summed E-state index contributed by atoms with van der Waals surface area (Å²) in [4.78, 5) is 2.51. The number of furan rings is 1. The summed E-state index contributed by atoms with van der Waals surface area (Å²) in [7, 11) is 0. The van der Waals surface area contributed by atoms with E-state index in [-0.39, 0.29) is 0 Å². The number of fused-ring (bicyclic) bond motifs is 7. The first kappa shape index (κ1) is 38.7. The third kappa shape index (κ3) is 6.04. The molecule has 1 aliphatic rings. The van der Waals surface area contributed by atoms with Crippen LogP contribution in [0.3, 0.4) is 0 Å². The Kier molecular flexibility index (Phi) is 9.11. The molecule has 0 N–H and O–H groups in total. The van der Waals surface area contributed by atoms with E-state index < -0.39 is 5.41 Å². The molecule has 1 aromatic heterocycles. The number of rotatable bonds is 8. The molecule has 0 spiro atoms. The second-order valence-electron chi connectivity index (χ2n) is 17.5. The van der Waals surface area contributed by atoms with E-state index in [4.69, 9.17) is 4.42 Å². The fraction of sp³-hybridized carbons (Fsp3) is 0.0154. The molecule has 0 radical (unpaired) electrons. The first-order valence-electron chi connectivity index (χ1n) is 23.1. The highest BCUT2D eigenvalue weighted by atomic mass is 16.3. The molecular formula is C65H43NO. The summed E-state index contributed by atoms with van der Waals surface area (Å²) in [6, 6.07) is 95.1. The van der Waals surface area contributed by atoms with Gasteiger partial charge in [0.1, 0.15) is 11.2 Å². The summed E-state index contributed by atoms with van der Waals surface area (Å²) in [5, 5.41) is 4.68. The van der Waals surface area contributed by atoms with Crippen molar-refractivity contribution in [3.63, 3.8) is 0 Å². The zero-order chi connectivity index (χ0) is 44.3. The fourth-order valence-corrected chi connectivity index (χ4v) is 11.2. The Morgan fingerprint density at radius 1 is 0.328 bits per heavy atom. The number of para-hydroxylation sites is 3. The lowest BCUT2D eigenvalue weighted by Crippen LogP contribution is -2.28. The van der Waals surface area contributed by atoms with Crippen LogP contribution in [-0.4, -0.2) is 0 Å². The molecule has 314 valence electrons. The number of hydrogen-bond donors (Lipinski definition) is 0. The monoisotopic (exact) mass is 853 g/mol. The first-order chi connectivity index (χ1) is 33.3. The van der Waals surface area contributed by atoms with Gasteiger partial charge in [0.15, 0.2) is 0 Å². The minimum atomic E-state index is -0.551. The maximum absolute atomic E-state index is 6.56. The number of benzene rings is 11. The van der Waals surface area contributed by atoms with E-state index in [9.17, 15) is 0 Å². The molecule has 1 aliphatic carbocycles. The zero-order valence-corrected chi connectivity index (χ0v) is 36.7. The topological polar surface area (TPSA) is 16.4 Å². The normalized spacial score (nSPS) is 12.6. The fourth-order valence-electron chi connectivity index (χ4n) is 11.2. The summed E-state index contributed by atoms with van der Waals surface area (Å²) in [6.45, 7) is 0. The predicted octanol–water partition coefficient (Wildman–Crippen LogP) is 17.6. The van der Waals surface area contributed by atoms with Gasteiger partial charge in [-0.05, 0) is 91.2 Å². The van der Waals surface area contributed by atoms with Crippen molar-refractivity contribution in [2.75, 3.05) is 4.90 Å². The molecular weight excluding hydrogens is 811 g/mol. The van der Waals surface area contributed by atoms with Crippen LogP contribution < -0.4 is 4.90 Å². The zero-order valence-electron chi connectivity index (χ0n) is 36.7. The molecule has 0 saturated heterocycles. The standard InChI is InChI=1S/C65H43NO/c1-4-20-44(21-5-1)50-31-16-22-46-23-17-33-54(62(46)50)52-28-11-14-37-59(52)66(49-42-40-45(41-43-49)51-32-18-34-55-53-29-12-15-39-61(53)67-64(51)55)60-38-19-36-58-63(60)56-30-10-13-35-57(56)65(58,47-24-6-2-7-25-47)48-26-8-3-9-27-48/h1-43H. The minimum Gasteiger partial charge on any atom is -0.455 e. The molecule has 0 fully saturated rings. The van der Waals surface area contributed by atoms with Crippen molar-refractivity contribution in [2.45, 2.75) is 5.41 Å². The van der Waals surface area contributed by atoms with Crippen molar-refractivity contribution in [3.8, 4) is 44.5 Å². The van der Waals surface area contributed by atoms with Crippen LogP contribution in [0.2, 0.25) is 0 Å². The summed E-state index contributed by atoms with van der Waals surface area (Å²) >= 11 is 0. The van der Waals surface area contributed by atoms with Crippen LogP contribution in [-0.2, 0) is 5.41 Å². The Labute approximate surface area is 390 Å². The average Bonchev–Trinajstić information content (AvgIpc) is 3.94. The van der Waals surface area contributed by atoms with Crippen LogP contribution in [0, 0.1) is 0 Å². The van der Waals surface area contributed by atoms with E-state index >= 15 is 0 Å². The Balaban J connectivity index is 1.08. The lowest BCUT2D eigenvalue weighted by atomic mass is 9.68. The first-order valence-corrected chi connectivity index (χ1v) is 23.1. The van der Waals surface area contributed by atoms with Gasteiger partial charge in [0, 0.05) is 33.2 Å². The molecule has 12 aromatic rings. The molecule has 2 heteroatoms. The second-order valence-corrected chi connectivity index (χ2v) is 17.5. The largest absolute Gasteiger partial charge is 0.455 e. The molecule has 67 heavy (non-hydrogen) atoms. The maximum atomic E-state index is 6.56. The van der Waals surface area contributed by atoms with Crippen molar-refractivity contribution < 1.29 is 4.42 Å². The van der Waals surface area contributed by atoms with Crippen molar-refractivity contribution in [3.05, 3.63) is 283 Å². The van der Waals surface area contributed by atoms with E-state index in [0.717, 1.165) is 55.7 Å². The Morgan fingerprint density at radius 3 is 1.61 bits per heavy atom. The molecule has 13 rings (SSSR count). The van der Waals surface area contributed by atoms with Gasteiger partial charge in [0.2, 0.25) is 0 Å². The van der Waals surface area contributed by atoms with E-state index in [1.807, 2.05) is 6.07 Å². The number of hydrogen-bond acceptors (Lipinski definition) is 2. The van der Waals surface area contributed by atoms with E-state index in [2.05, 4.69) is 260 Å². The number of anilines is 3. The van der Waals surface area contributed by atoms with Gasteiger partial charge in [0.05, 0.1) is 16.8 Å². The quantitative estimate of drug-likeness (QED) is 0.151. The van der Waals surface area contributed by atoms with Crippen LogP contribution in [0.25, 0.3) is 77.2 Å². The van der Waals surface area contributed by atoms with Crippen molar-refractivity contribution in [1.29, 1.82) is 0 Å². The molecule has 0 saturated carbocycles. The molecule has 2 nitrogen and oxygen atoms in total. The smallest absolute Gasteiger partial charge is 0.143 e. The number of nitrogens with zero attached hydrogens (tertiary/aromatic N) is 1. The van der Waals surface area contributed by atoms with Crippen LogP contribution in [0.15, 0.2) is 265 Å². The van der Waals surface area contributed by atoms with Gasteiger partial charge in [-0.2, -0.15) is 0 Å². The lowest BCUT2D eigenvalue weighted by molar-refractivity contribution is 0.670. The molecule has 1 heterocycles. The summed E-state index contributed by atoms with van der Waals surface area (Å²) in [5.41, 5.74) is 18.9. The summed E-state index contributed by atoms with van der Waals surface area (Å²) < 4.78 is 6.56. The van der Waals surface area contributed by atoms with Gasteiger partial charge in [-0.3, -0.25) is 0 Å². The van der Waals surface area contributed by atoms with Gasteiger partial charge < -0.3 is 9.32 Å². The molecule has 0 amide bonds. The van der Waals surface area contributed by atoms with Gasteiger partial charge in [-0.1, -0.05) is 231 Å². The average molecular weight is 854 g/mol. The van der Waals surface area contributed by atoms with Crippen LogP contribution in [0.4, 0.5) is 17.1 Å². The molecule has 0 bridgehead atoms. The van der Waals surface area contributed by atoms with Crippen LogP contribution in [0.5, 0.6) is 0 Å². The molecule has 0 aliphatic heterocycles. The molecule has 11 aromatic carbocycles. The van der Waals surface area contributed by atoms with Gasteiger partial charge in [0.25, 0.3) is 0 Å². The van der Waals surface area contributed by atoms with Gasteiger partial charge in [-0.15, -0.1) is 0 Å². The molecule has 0 unspecified atom stereocenters. The van der Waals surface area contributed by atoms with Gasteiger partial charge in [-0.25, -0.2) is 0 Å². The van der Waals surface area contributed by atoms with E-state index in [0.29, 0.717) is 0 Å². The third-order valence-corrected chi connectivity index (χ3v) is 14.0. The van der Waals surface area contributed by atoms with Gasteiger partial charge >= 0.3 is 0 Å². The second kappa shape index (κ2) is 15.8. The summed E-state index contributed by atoms with van der Waals surface area (Å²) in [6.07, 6.45) is 0. The highest BCUT2D eigenvalue weighted by Crippen LogP contribution is 2.60. The lowest BCUT2D eigenvalue weighted by Gasteiger charge is -2.34. The highest BCUT2D eigenvalue weighted by Gasteiger charge is 2.47. The van der Waals surface area contributed by atoms with E-state index in [1.165, 1.54) is 60.8 Å². The Hall–Kier alpha value is -8.72. The predicted molar refractivity (Wildman–Crippen MR) is 280 cm³/mol. The van der Waals surface area contributed by atoms with Crippen molar-refractivity contribution in [1.82, 2.24) is 0 Å². The van der Waals surface area contributed by atoms with Crippen molar-refractivity contribution in [2.24, 2.45) is 0 Å². The van der Waals surface area contributed by atoms with Crippen LogP contribution >= 0.6 is 0 Å². The third-order valence-electron chi connectivity index (χ3n) is 14.0. The Morgan fingerprint density at radius 2 is 0.851 bits per heavy atom. The molecule has 0 atom stereocenters. The van der Waals surface area contributed by atoms with E-state index in [1.54, 1.807) is 0 Å². The maximum Gasteiger partial charge on any atom is 0.143 e. The van der Waals surface area contributed by atoms with Crippen LogP contribution in [0.1, 0.15) is 22.3 Å². The summed E-state index contributed by atoms with van der Waals surface area (Å²) in [5.74, 6) is 0. The minimum absolute atomic E-state index is 0.551. The Bertz CT molecular complexity index is 3750. The SMILES string of the molecule is c1ccc(-c2cccc3cccc(-c4ccccc4N(c4ccc(-c5cccc6c5oc5ccccc56)cc4)c4cccc5c4-c4ccccc4C5(c4ccccc4)c4ccccc4)c23)cc1. The highest BCUT2D eigenvalue weighted by molar-refractivity contribution is 6.11.